The highest BCUT2D eigenvalue weighted by Gasteiger charge is 2.42. The van der Waals surface area contributed by atoms with Crippen molar-refractivity contribution in [3.63, 3.8) is 0 Å². The molecule has 0 spiro atoms. The average molecular weight is 367 g/mol. The fourth-order valence-electron chi connectivity index (χ4n) is 2.17. The summed E-state index contributed by atoms with van der Waals surface area (Å²) in [6.07, 6.45) is -5.06. The van der Waals surface area contributed by atoms with Gasteiger partial charge in [-0.1, -0.05) is 41.9 Å². The molecule has 0 saturated carbocycles. The van der Waals surface area contributed by atoms with Crippen molar-refractivity contribution in [1.82, 2.24) is 0 Å². The number of hydrogen-bond acceptors (Lipinski definition) is 3. The van der Waals surface area contributed by atoms with Crippen molar-refractivity contribution in [3.8, 4) is 16.9 Å². The van der Waals surface area contributed by atoms with Crippen LogP contribution in [0.5, 0.6) is 5.75 Å². The minimum Gasteiger partial charge on any atom is -0.494 e. The first-order valence-electron chi connectivity index (χ1n) is 6.08. The van der Waals surface area contributed by atoms with Crippen LogP contribution in [0.1, 0.15) is 5.56 Å². The Morgan fingerprint density at radius 2 is 1.74 bits per heavy atom. The highest BCUT2D eigenvalue weighted by atomic mass is 35.5. The molecule has 0 aliphatic rings. The average Bonchev–Trinajstić information content (AvgIpc) is 2.44. The molecule has 0 fully saturated rings. The van der Waals surface area contributed by atoms with Crippen LogP contribution in [-0.4, -0.2) is 20.1 Å². The van der Waals surface area contributed by atoms with Gasteiger partial charge in [-0.3, -0.25) is 4.55 Å². The maximum absolute atomic E-state index is 13.5. The molecule has 0 saturated heterocycles. The number of alkyl halides is 3. The molecule has 0 unspecified atom stereocenters. The summed E-state index contributed by atoms with van der Waals surface area (Å²) >= 11 is 5.84. The fourth-order valence-corrected chi connectivity index (χ4v) is 3.42. The number of rotatable bonds is 3. The third-order valence-electron chi connectivity index (χ3n) is 3.02. The van der Waals surface area contributed by atoms with Crippen LogP contribution in [0.3, 0.4) is 0 Å². The van der Waals surface area contributed by atoms with Crippen LogP contribution in [0, 0.1) is 0 Å². The monoisotopic (exact) mass is 366 g/mol. The first-order valence-corrected chi connectivity index (χ1v) is 7.89. The second-order valence-corrected chi connectivity index (χ2v) is 6.25. The quantitative estimate of drug-likeness (QED) is 0.823. The van der Waals surface area contributed by atoms with Gasteiger partial charge in [0.25, 0.3) is 10.1 Å². The molecular formula is C14H10ClF3O4S. The summed E-state index contributed by atoms with van der Waals surface area (Å²) in [5.74, 6) is -0.763. The van der Waals surface area contributed by atoms with Gasteiger partial charge in [0.15, 0.2) is 10.6 Å². The Bertz CT molecular complexity index is 833. The van der Waals surface area contributed by atoms with Crippen molar-refractivity contribution in [2.75, 3.05) is 7.11 Å². The van der Waals surface area contributed by atoms with Crippen molar-refractivity contribution in [2.45, 2.75) is 11.1 Å². The van der Waals surface area contributed by atoms with Gasteiger partial charge in [0, 0.05) is 0 Å². The molecule has 2 aromatic rings. The Morgan fingerprint density at radius 1 is 1.17 bits per heavy atom. The van der Waals surface area contributed by atoms with Gasteiger partial charge in [0.2, 0.25) is 0 Å². The van der Waals surface area contributed by atoms with Crippen LogP contribution in [-0.2, 0) is 16.3 Å². The Balaban J connectivity index is 3.03. The van der Waals surface area contributed by atoms with E-state index in [1.807, 2.05) is 0 Å². The van der Waals surface area contributed by atoms with Crippen LogP contribution < -0.4 is 4.74 Å². The molecule has 0 aliphatic carbocycles. The van der Waals surface area contributed by atoms with Gasteiger partial charge in [-0.2, -0.15) is 21.6 Å². The molecule has 9 heteroatoms. The molecule has 2 rings (SSSR count). The number of benzene rings is 2. The second-order valence-electron chi connectivity index (χ2n) is 4.48. The van der Waals surface area contributed by atoms with Crippen LogP contribution in [0.25, 0.3) is 11.1 Å². The number of hydrogen-bond donors (Lipinski definition) is 1. The van der Waals surface area contributed by atoms with Crippen molar-refractivity contribution < 1.29 is 30.9 Å². The van der Waals surface area contributed by atoms with Gasteiger partial charge in [-0.25, -0.2) is 0 Å². The third-order valence-corrected chi connectivity index (χ3v) is 4.21. The molecule has 0 heterocycles. The lowest BCUT2D eigenvalue weighted by Crippen LogP contribution is -2.16. The molecule has 23 heavy (non-hydrogen) atoms. The van der Waals surface area contributed by atoms with Crippen LogP contribution in [0.2, 0.25) is 5.02 Å². The smallest absolute Gasteiger partial charge is 0.418 e. The Morgan fingerprint density at radius 3 is 2.17 bits per heavy atom. The molecular weight excluding hydrogens is 357 g/mol. The molecule has 2 aromatic carbocycles. The first-order chi connectivity index (χ1) is 10.6. The standard InChI is InChI=1S/C14H10ClF3O4S/c1-22-12-10(15)7-9(8-5-3-2-4-6-8)11(14(16,17)18)13(12)23(19,20)21/h2-7H,1H3,(H,19,20,21). The topological polar surface area (TPSA) is 63.6 Å². The summed E-state index contributed by atoms with van der Waals surface area (Å²) in [6.45, 7) is 0. The maximum Gasteiger partial charge on any atom is 0.418 e. The number of methoxy groups -OCH3 is 1. The van der Waals surface area contributed by atoms with Crippen LogP contribution in [0.4, 0.5) is 13.2 Å². The van der Waals surface area contributed by atoms with Gasteiger partial charge in [-0.15, -0.1) is 0 Å². The van der Waals surface area contributed by atoms with Gasteiger partial charge < -0.3 is 4.74 Å². The Hall–Kier alpha value is -1.77. The van der Waals surface area contributed by atoms with Gasteiger partial charge in [-0.05, 0) is 17.2 Å². The van der Waals surface area contributed by atoms with E-state index in [9.17, 15) is 26.1 Å². The van der Waals surface area contributed by atoms with E-state index in [0.717, 1.165) is 13.2 Å². The summed E-state index contributed by atoms with van der Waals surface area (Å²) in [6, 6.07) is 8.24. The van der Waals surface area contributed by atoms with E-state index in [4.69, 9.17) is 11.6 Å². The summed E-state index contributed by atoms with van der Waals surface area (Å²) in [5, 5.41) is -0.369. The predicted molar refractivity (Wildman–Crippen MR) is 78.3 cm³/mol. The number of ether oxygens (including phenoxy) is 1. The third kappa shape index (κ3) is 3.44. The van der Waals surface area contributed by atoms with Crippen molar-refractivity contribution in [3.05, 3.63) is 47.0 Å². The van der Waals surface area contributed by atoms with E-state index in [0.29, 0.717) is 0 Å². The lowest BCUT2D eigenvalue weighted by molar-refractivity contribution is -0.139. The molecule has 0 amide bonds. The van der Waals surface area contributed by atoms with Crippen molar-refractivity contribution >= 4 is 21.7 Å². The lowest BCUT2D eigenvalue weighted by atomic mass is 9.98. The summed E-state index contributed by atoms with van der Waals surface area (Å²) in [5.41, 5.74) is -1.92. The predicted octanol–water partition coefficient (Wildman–Crippen LogP) is 4.28. The highest BCUT2D eigenvalue weighted by Crippen LogP contribution is 2.47. The molecule has 0 aliphatic heterocycles. The summed E-state index contributed by atoms with van der Waals surface area (Å²) in [4.78, 5) is -1.40. The summed E-state index contributed by atoms with van der Waals surface area (Å²) in [7, 11) is -4.29. The molecule has 0 aromatic heterocycles. The normalized spacial score (nSPS) is 12.3. The van der Waals surface area contributed by atoms with Crippen molar-refractivity contribution in [2.24, 2.45) is 0 Å². The fraction of sp³-hybridized carbons (Fsp3) is 0.143. The molecule has 1 N–H and O–H groups in total. The van der Waals surface area contributed by atoms with Crippen molar-refractivity contribution in [1.29, 1.82) is 0 Å². The van der Waals surface area contributed by atoms with E-state index >= 15 is 0 Å². The first kappa shape index (κ1) is 17.6. The summed E-state index contributed by atoms with van der Waals surface area (Å²) < 4.78 is 77.5. The van der Waals surface area contributed by atoms with Gasteiger partial charge in [0.05, 0.1) is 17.7 Å². The van der Waals surface area contributed by atoms with E-state index in [2.05, 4.69) is 4.74 Å². The molecule has 0 atom stereocenters. The minimum atomic E-state index is -5.24. The number of halogens is 4. The van der Waals surface area contributed by atoms with Gasteiger partial charge in [0.1, 0.15) is 0 Å². The van der Waals surface area contributed by atoms with E-state index in [1.54, 1.807) is 6.07 Å². The largest absolute Gasteiger partial charge is 0.494 e. The molecule has 0 bridgehead atoms. The Labute approximate surface area is 135 Å². The highest BCUT2D eigenvalue weighted by molar-refractivity contribution is 7.86. The minimum absolute atomic E-state index is 0.0919. The van der Waals surface area contributed by atoms with E-state index in [1.165, 1.54) is 24.3 Å². The van der Waals surface area contributed by atoms with E-state index < -0.39 is 38.1 Å². The Kier molecular flexibility index (Phi) is 4.61. The zero-order chi connectivity index (χ0) is 17.4. The maximum atomic E-state index is 13.5. The van der Waals surface area contributed by atoms with E-state index in [-0.39, 0.29) is 10.6 Å². The molecule has 0 radical (unpaired) electrons. The van der Waals surface area contributed by atoms with Crippen LogP contribution in [0.15, 0.2) is 41.3 Å². The van der Waals surface area contributed by atoms with Crippen LogP contribution >= 0.6 is 11.6 Å². The zero-order valence-corrected chi connectivity index (χ0v) is 13.1. The van der Waals surface area contributed by atoms with Gasteiger partial charge >= 0.3 is 6.18 Å². The lowest BCUT2D eigenvalue weighted by Gasteiger charge is -2.19. The molecule has 124 valence electrons. The zero-order valence-electron chi connectivity index (χ0n) is 11.6. The molecule has 4 nitrogen and oxygen atoms in total. The second kappa shape index (κ2) is 6.03. The SMILES string of the molecule is COc1c(Cl)cc(-c2ccccc2)c(C(F)(F)F)c1S(=O)(=O)O.